The molecule has 6 aromatic carbocycles. The van der Waals surface area contributed by atoms with Crippen molar-refractivity contribution in [2.24, 2.45) is 0 Å². The Kier molecular flexibility index (Phi) is 24.8. The minimum absolute atomic E-state index is 0.0167. The number of hydrogen-bond donors (Lipinski definition) is 2. The van der Waals surface area contributed by atoms with Gasteiger partial charge in [0.25, 0.3) is 0 Å². The summed E-state index contributed by atoms with van der Waals surface area (Å²) in [6, 6.07) is 39.4. The van der Waals surface area contributed by atoms with E-state index in [0.29, 0.717) is 70.4 Å². The van der Waals surface area contributed by atoms with Crippen molar-refractivity contribution < 1.29 is 28.9 Å². The molecule has 3 fully saturated rings. The number of phenolic OH excluding ortho intramolecular Hbond substituents is 1. The van der Waals surface area contributed by atoms with Gasteiger partial charge in [0.15, 0.2) is 0 Å². The molecule has 0 saturated carbocycles. The maximum Gasteiger partial charge on any atom is 0.318 e. The number of ether oxygens (including phenoxy) is 3. The monoisotopic (exact) mass is 1490 g/mol. The number of fused-ring (bicyclic) bond motifs is 6. The van der Waals surface area contributed by atoms with Crippen LogP contribution in [-0.4, -0.2) is 250 Å². The SMILES string of the molecule is C=CC(=O)N1CCN(c2nc(O[C@@H](C)CN(C)C)nc3c2CCN(c2cc(C)cc4ccccc24)C3)CC1.C=CC(=O)N1CCN(c2nc(O[C@@H](C)CN(C)C)nc3c2CCN(c2cc(O)cc4ccccc24)C3)CC1.Cc1cc(N2CCc3c(nc(O[C@@H](C)CN(C)C)nc3N3CCNCC3)C2)c2ccccc2c1. The zero-order valence-corrected chi connectivity index (χ0v) is 66.3. The van der Waals surface area contributed by atoms with Gasteiger partial charge < -0.3 is 78.5 Å². The van der Waals surface area contributed by atoms with E-state index in [2.05, 4.69) is 176 Å². The van der Waals surface area contributed by atoms with Crippen molar-refractivity contribution in [2.45, 2.75) is 91.8 Å². The summed E-state index contributed by atoms with van der Waals surface area (Å²) in [5.41, 5.74) is 12.7. The number of rotatable bonds is 20. The summed E-state index contributed by atoms with van der Waals surface area (Å²) in [7, 11) is 12.2. The number of carbonyl (C=O) groups is 2. The van der Waals surface area contributed by atoms with Crippen LogP contribution in [0.5, 0.6) is 23.8 Å². The van der Waals surface area contributed by atoms with Crippen LogP contribution in [0.1, 0.15) is 65.7 Å². The van der Waals surface area contributed by atoms with Gasteiger partial charge in [0.05, 0.1) is 36.7 Å². The molecule has 3 atom stereocenters. The Morgan fingerprint density at radius 1 is 0.436 bits per heavy atom. The van der Waals surface area contributed by atoms with Gasteiger partial charge in [0, 0.05) is 174 Å². The fourth-order valence-corrected chi connectivity index (χ4v) is 16.3. The summed E-state index contributed by atoms with van der Waals surface area (Å²) >= 11 is 0. The third kappa shape index (κ3) is 18.5. The van der Waals surface area contributed by atoms with Crippen molar-refractivity contribution in [1.29, 1.82) is 0 Å². The summed E-state index contributed by atoms with van der Waals surface area (Å²) in [5.74, 6) is 3.10. The summed E-state index contributed by atoms with van der Waals surface area (Å²) in [4.78, 5) is 77.9. The van der Waals surface area contributed by atoms with Crippen molar-refractivity contribution in [2.75, 3.05) is 189 Å². The summed E-state index contributed by atoms with van der Waals surface area (Å²) in [6.45, 7) is 34.0. The second kappa shape index (κ2) is 35.1. The third-order valence-corrected chi connectivity index (χ3v) is 21.2. The highest BCUT2D eigenvalue weighted by Crippen LogP contribution is 2.40. The fraction of sp³-hybridized carbons (Fsp3) is 0.442. The molecule has 24 heteroatoms. The highest BCUT2D eigenvalue weighted by atomic mass is 16.5. The number of likely N-dealkylation sites (N-methyl/N-ethyl adjacent to an activating group) is 3. The van der Waals surface area contributed by atoms with E-state index in [1.165, 1.54) is 67.3 Å². The van der Waals surface area contributed by atoms with E-state index in [1.807, 2.05) is 76.1 Å². The molecule has 9 heterocycles. The Morgan fingerprint density at radius 3 is 1.09 bits per heavy atom. The molecule has 6 aliphatic heterocycles. The van der Waals surface area contributed by atoms with Crippen LogP contribution in [-0.2, 0) is 48.5 Å². The highest BCUT2D eigenvalue weighted by molar-refractivity contribution is 5.97. The second-order valence-corrected chi connectivity index (χ2v) is 30.8. The number of nitrogens with zero attached hydrogens (tertiary/aromatic N) is 17. The molecule has 15 rings (SSSR count). The molecule has 0 radical (unpaired) electrons. The first-order valence-electron chi connectivity index (χ1n) is 39.0. The van der Waals surface area contributed by atoms with E-state index in [4.69, 9.17) is 44.1 Å². The number of aryl methyl sites for hydroxylation is 2. The number of phenols is 1. The molecule has 24 nitrogen and oxygen atoms in total. The number of aromatic nitrogens is 6. The van der Waals surface area contributed by atoms with Crippen molar-refractivity contribution in [1.82, 2.24) is 59.7 Å². The minimum atomic E-state index is -0.0762. The number of nitrogens with one attached hydrogen (secondary N) is 1. The largest absolute Gasteiger partial charge is 0.508 e. The van der Waals surface area contributed by atoms with Crippen molar-refractivity contribution in [3.05, 3.63) is 179 Å². The van der Waals surface area contributed by atoms with Crippen LogP contribution in [0.3, 0.4) is 0 Å². The maximum atomic E-state index is 12.1. The maximum absolute atomic E-state index is 12.1. The number of piperazine rings is 3. The molecule has 0 unspecified atom stereocenters. The van der Waals surface area contributed by atoms with Crippen LogP contribution in [0.25, 0.3) is 32.3 Å². The molecule has 3 saturated heterocycles. The lowest BCUT2D eigenvalue weighted by atomic mass is 10.0. The predicted octanol–water partition coefficient (Wildman–Crippen LogP) is 9.97. The van der Waals surface area contributed by atoms with Crippen molar-refractivity contribution in [3.8, 4) is 23.8 Å². The number of carbonyl (C=O) groups excluding carboxylic acids is 2. The van der Waals surface area contributed by atoms with Gasteiger partial charge >= 0.3 is 18.0 Å². The second-order valence-electron chi connectivity index (χ2n) is 30.8. The Morgan fingerprint density at radius 2 is 0.755 bits per heavy atom. The Labute approximate surface area is 648 Å². The first-order valence-corrected chi connectivity index (χ1v) is 39.0. The van der Waals surface area contributed by atoms with Crippen LogP contribution in [0.4, 0.5) is 34.5 Å². The van der Waals surface area contributed by atoms with Gasteiger partial charge in [-0.25, -0.2) is 0 Å². The molecule has 2 amide bonds. The van der Waals surface area contributed by atoms with Crippen LogP contribution in [0.2, 0.25) is 0 Å². The van der Waals surface area contributed by atoms with Gasteiger partial charge in [-0.15, -0.1) is 0 Å². The number of amides is 2. The third-order valence-electron chi connectivity index (χ3n) is 21.2. The highest BCUT2D eigenvalue weighted by Gasteiger charge is 2.34. The lowest BCUT2D eigenvalue weighted by molar-refractivity contribution is -0.127. The quantitative estimate of drug-likeness (QED) is 0.0681. The number of aromatic hydroxyl groups is 1. The van der Waals surface area contributed by atoms with Gasteiger partial charge in [-0.1, -0.05) is 98.1 Å². The standard InChI is InChI=1S/C30H38N6O2.C29H36N6O3.C27H36N6O/c1-6-28(37)34-13-15-35(16-14-34)29-25-11-12-36(27-18-21(2)17-23-9-7-8-10-24(23)27)20-26(25)31-30(32-29)38-22(3)19-33(4)5;1-5-27(37)33-12-14-34(15-13-33)28-24-10-11-35(26-17-22(36)16-21-8-6-7-9-23(21)26)19-25(24)30-29(31-28)38-20(2)18-32(3)4;1-19-15-21-7-5-6-8-22(21)25(16-19)33-12-9-23-24(18-33)29-27(34-20(2)17-31(3)4)30-26(23)32-13-10-28-11-14-32/h6-10,17-18,22H,1,11-16,19-20H2,2-5H3;5-9,16-17,20,36H,1,10-15,18-19H2,2-4H3;5-8,15-16,20,28H,9-14,17-18H2,1-4H3/t22-;2*20-/m000/s1. The number of anilines is 6. The van der Waals surface area contributed by atoms with E-state index in [-0.39, 0.29) is 35.9 Å². The average Bonchev–Trinajstić information content (AvgIpc) is 0.776. The fourth-order valence-electron chi connectivity index (χ4n) is 16.3. The molecule has 2 N–H and O–H groups in total. The van der Waals surface area contributed by atoms with Gasteiger partial charge in [-0.05, 0) is 154 Å². The molecule has 9 aromatic rings. The number of hydrogen-bond acceptors (Lipinski definition) is 22. The molecule has 3 aromatic heterocycles. The molecule has 0 aliphatic carbocycles. The minimum Gasteiger partial charge on any atom is -0.508 e. The van der Waals surface area contributed by atoms with Crippen molar-refractivity contribution in [3.63, 3.8) is 0 Å². The molecule has 580 valence electrons. The molecule has 0 spiro atoms. The van der Waals surface area contributed by atoms with Crippen LogP contribution >= 0.6 is 0 Å². The summed E-state index contributed by atoms with van der Waals surface area (Å²) in [5, 5.41) is 21.1. The van der Waals surface area contributed by atoms with Crippen molar-refractivity contribution >= 4 is 78.6 Å². The molecule has 6 aliphatic rings. The zero-order valence-electron chi connectivity index (χ0n) is 66.3. The molecular formula is C86H110N18O6. The Hall–Kier alpha value is -10.4. The van der Waals surface area contributed by atoms with Gasteiger partial charge in [-0.3, -0.25) is 9.59 Å². The van der Waals surface area contributed by atoms with Crippen LogP contribution < -0.4 is 48.9 Å². The zero-order chi connectivity index (χ0) is 77.3. The van der Waals surface area contributed by atoms with E-state index < -0.39 is 0 Å². The lowest BCUT2D eigenvalue weighted by Gasteiger charge is -2.38. The van der Waals surface area contributed by atoms with E-state index in [1.54, 1.807) is 6.07 Å². The topological polar surface area (TPSA) is 207 Å². The first-order chi connectivity index (χ1) is 53.1. The molecule has 0 bridgehead atoms. The average molecular weight is 1490 g/mol. The van der Waals surface area contributed by atoms with Crippen LogP contribution in [0.15, 0.2) is 135 Å². The van der Waals surface area contributed by atoms with E-state index >= 15 is 0 Å². The van der Waals surface area contributed by atoms with Gasteiger partial charge in [0.1, 0.15) is 41.5 Å². The predicted molar refractivity (Wildman–Crippen MR) is 442 cm³/mol. The van der Waals surface area contributed by atoms with E-state index in [9.17, 15) is 14.7 Å². The van der Waals surface area contributed by atoms with Gasteiger partial charge in [-0.2, -0.15) is 29.9 Å². The molecule has 110 heavy (non-hydrogen) atoms. The van der Waals surface area contributed by atoms with Gasteiger partial charge in [0.2, 0.25) is 11.8 Å². The normalized spacial score (nSPS) is 16.7. The summed E-state index contributed by atoms with van der Waals surface area (Å²) < 4.78 is 18.7. The Balaban J connectivity index is 0.000000145. The first kappa shape index (κ1) is 77.7. The number of benzene rings is 6. The van der Waals surface area contributed by atoms with E-state index in [0.717, 1.165) is 161 Å². The Bertz CT molecular complexity index is 4560. The smallest absolute Gasteiger partial charge is 0.318 e. The molecular weight excluding hydrogens is 1380 g/mol. The lowest BCUT2D eigenvalue weighted by Crippen LogP contribution is -2.49. The van der Waals surface area contributed by atoms with Crippen LogP contribution in [0, 0.1) is 13.8 Å². The summed E-state index contributed by atoms with van der Waals surface area (Å²) in [6.07, 6.45) is 5.23.